The van der Waals surface area contributed by atoms with Crippen molar-refractivity contribution in [2.75, 3.05) is 31.6 Å². The van der Waals surface area contributed by atoms with Gasteiger partial charge in [0.1, 0.15) is 30.3 Å². The molecule has 1 aromatic heterocycles. The Morgan fingerprint density at radius 3 is 2.56 bits per heavy atom. The minimum atomic E-state index is -0.387. The molecule has 1 aliphatic heterocycles. The van der Waals surface area contributed by atoms with Crippen LogP contribution in [-0.2, 0) is 14.3 Å². The molecule has 1 saturated heterocycles. The van der Waals surface area contributed by atoms with Crippen LogP contribution in [0.3, 0.4) is 0 Å². The number of carbonyl (C=O) groups is 2. The van der Waals surface area contributed by atoms with Crippen molar-refractivity contribution in [3.05, 3.63) is 16.5 Å². The van der Waals surface area contributed by atoms with Crippen molar-refractivity contribution in [2.24, 2.45) is 0 Å². The van der Waals surface area contributed by atoms with Crippen LogP contribution in [0.1, 0.15) is 55.8 Å². The molecule has 1 fully saturated rings. The quantitative estimate of drug-likeness (QED) is 0.749. The van der Waals surface area contributed by atoms with Gasteiger partial charge >= 0.3 is 5.97 Å². The van der Waals surface area contributed by atoms with Gasteiger partial charge in [0.15, 0.2) is 6.54 Å². The fourth-order valence-corrected chi connectivity index (χ4v) is 4.14. The molecule has 0 spiro atoms. The summed E-state index contributed by atoms with van der Waals surface area (Å²) in [7, 11) is 0. The Morgan fingerprint density at radius 1 is 1.36 bits per heavy atom. The molecule has 2 N–H and O–H groups in total. The summed E-state index contributed by atoms with van der Waals surface area (Å²) < 4.78 is 10.8. The van der Waals surface area contributed by atoms with Crippen LogP contribution in [0.25, 0.3) is 0 Å². The van der Waals surface area contributed by atoms with E-state index in [4.69, 9.17) is 9.47 Å². The summed E-state index contributed by atoms with van der Waals surface area (Å²) in [4.78, 5) is 26.9. The largest absolute Gasteiger partial charge is 0.462 e. The molecule has 0 aliphatic carbocycles. The first-order chi connectivity index (χ1) is 11.8. The van der Waals surface area contributed by atoms with E-state index in [-0.39, 0.29) is 30.0 Å². The average molecular weight is 370 g/mol. The minimum absolute atomic E-state index is 0.0843. The normalized spacial score (nSPS) is 23.5. The smallest absolute Gasteiger partial charge is 0.341 e. The molecule has 2 rings (SSSR count). The molecule has 1 unspecified atom stereocenters. The van der Waals surface area contributed by atoms with Crippen LogP contribution < -0.4 is 10.2 Å². The van der Waals surface area contributed by atoms with Crippen molar-refractivity contribution < 1.29 is 24.0 Å². The van der Waals surface area contributed by atoms with E-state index in [1.807, 2.05) is 19.9 Å². The number of amides is 1. The van der Waals surface area contributed by atoms with Crippen molar-refractivity contribution in [1.82, 2.24) is 0 Å². The van der Waals surface area contributed by atoms with Gasteiger partial charge in [0.25, 0.3) is 5.91 Å². The predicted molar refractivity (Wildman–Crippen MR) is 98.6 cm³/mol. The lowest BCUT2D eigenvalue weighted by molar-refractivity contribution is -0.907. The first-order valence-corrected chi connectivity index (χ1v) is 9.71. The molecule has 25 heavy (non-hydrogen) atoms. The van der Waals surface area contributed by atoms with Crippen LogP contribution in [-0.4, -0.2) is 50.3 Å². The number of ether oxygens (including phenoxy) is 2. The van der Waals surface area contributed by atoms with E-state index in [2.05, 4.69) is 19.2 Å². The first-order valence-electron chi connectivity index (χ1n) is 8.89. The number of rotatable bonds is 6. The molecule has 2 heterocycles. The Kier molecular flexibility index (Phi) is 6.98. The number of hydrogen-bond acceptors (Lipinski definition) is 5. The third kappa shape index (κ3) is 5.52. The molecule has 3 atom stereocenters. The van der Waals surface area contributed by atoms with E-state index in [0.29, 0.717) is 23.7 Å². The number of anilines is 1. The van der Waals surface area contributed by atoms with E-state index in [0.717, 1.165) is 18.0 Å². The third-order valence-electron chi connectivity index (χ3n) is 4.10. The van der Waals surface area contributed by atoms with Gasteiger partial charge in [0.2, 0.25) is 0 Å². The zero-order chi connectivity index (χ0) is 18.6. The zero-order valence-electron chi connectivity index (χ0n) is 15.7. The second-order valence-electron chi connectivity index (χ2n) is 6.91. The van der Waals surface area contributed by atoms with Gasteiger partial charge < -0.3 is 19.7 Å². The second kappa shape index (κ2) is 8.78. The van der Waals surface area contributed by atoms with Crippen LogP contribution in [0.5, 0.6) is 0 Å². The third-order valence-corrected chi connectivity index (χ3v) is 5.45. The molecule has 1 aliphatic rings. The SMILES string of the molecule is CCOC(=O)c1cc(C(C)C)sc1NC(=O)C[NH+]1C[C@@H](C)O[C@@H](C)C1. The lowest BCUT2D eigenvalue weighted by atomic mass is 10.1. The van der Waals surface area contributed by atoms with Crippen molar-refractivity contribution in [2.45, 2.75) is 52.7 Å². The number of hydrogen-bond donors (Lipinski definition) is 2. The summed E-state index contributed by atoms with van der Waals surface area (Å²) in [5, 5.41) is 3.50. The maximum atomic E-state index is 12.5. The van der Waals surface area contributed by atoms with Crippen LogP contribution in [0.4, 0.5) is 5.00 Å². The van der Waals surface area contributed by atoms with Gasteiger partial charge in [-0.2, -0.15) is 0 Å². The van der Waals surface area contributed by atoms with Crippen molar-refractivity contribution in [3.8, 4) is 0 Å². The predicted octanol–water partition coefficient (Wildman–Crippen LogP) is 1.68. The van der Waals surface area contributed by atoms with Crippen LogP contribution in [0.2, 0.25) is 0 Å². The summed E-state index contributed by atoms with van der Waals surface area (Å²) in [6.07, 6.45) is 0.298. The maximum Gasteiger partial charge on any atom is 0.341 e. The summed E-state index contributed by atoms with van der Waals surface area (Å²) in [5.74, 6) is -0.184. The molecule has 0 radical (unpaired) electrons. The van der Waals surface area contributed by atoms with Crippen molar-refractivity contribution in [1.29, 1.82) is 0 Å². The highest BCUT2D eigenvalue weighted by atomic mass is 32.1. The Bertz CT molecular complexity index is 604. The lowest BCUT2D eigenvalue weighted by Crippen LogP contribution is -3.16. The van der Waals surface area contributed by atoms with Gasteiger partial charge in [-0.1, -0.05) is 13.8 Å². The fraction of sp³-hybridized carbons (Fsp3) is 0.667. The number of thiophene rings is 1. The molecule has 1 amide bonds. The highest BCUT2D eigenvalue weighted by Crippen LogP contribution is 2.33. The lowest BCUT2D eigenvalue weighted by Gasteiger charge is -2.31. The topological polar surface area (TPSA) is 69.1 Å². The van der Waals surface area contributed by atoms with Crippen LogP contribution >= 0.6 is 11.3 Å². The standard InChI is InChI=1S/C18H28N2O4S/c1-6-23-18(22)14-7-15(11(2)3)25-17(14)19-16(21)10-20-8-12(4)24-13(5)9-20/h7,11-13H,6,8-10H2,1-5H3,(H,19,21)/p+1/t12-,13+. The molecule has 1 aromatic rings. The molecule has 140 valence electrons. The van der Waals surface area contributed by atoms with Crippen LogP contribution in [0.15, 0.2) is 6.07 Å². The van der Waals surface area contributed by atoms with Gasteiger partial charge in [0, 0.05) is 4.88 Å². The fourth-order valence-electron chi connectivity index (χ4n) is 3.08. The monoisotopic (exact) mass is 369 g/mol. The van der Waals surface area contributed by atoms with Crippen LogP contribution in [0, 0.1) is 0 Å². The highest BCUT2D eigenvalue weighted by Gasteiger charge is 2.28. The Balaban J connectivity index is 2.07. The van der Waals surface area contributed by atoms with E-state index in [1.165, 1.54) is 16.2 Å². The number of morpholine rings is 1. The zero-order valence-corrected chi connectivity index (χ0v) is 16.5. The number of esters is 1. The first kappa shape index (κ1) is 19.9. The molecule has 0 saturated carbocycles. The minimum Gasteiger partial charge on any atom is -0.462 e. The van der Waals surface area contributed by atoms with E-state index >= 15 is 0 Å². The summed E-state index contributed by atoms with van der Waals surface area (Å²) in [5.41, 5.74) is 0.447. The second-order valence-corrected chi connectivity index (χ2v) is 7.99. The molecular weight excluding hydrogens is 340 g/mol. The van der Waals surface area contributed by atoms with E-state index in [1.54, 1.807) is 6.92 Å². The van der Waals surface area contributed by atoms with Gasteiger partial charge in [-0.25, -0.2) is 4.79 Å². The molecule has 7 heteroatoms. The summed E-state index contributed by atoms with van der Waals surface area (Å²) in [6.45, 7) is 12.3. The molecule has 0 bridgehead atoms. The average Bonchev–Trinajstić information content (AvgIpc) is 2.90. The molecule has 0 aromatic carbocycles. The summed E-state index contributed by atoms with van der Waals surface area (Å²) >= 11 is 1.45. The Morgan fingerprint density at radius 2 is 2.00 bits per heavy atom. The van der Waals surface area contributed by atoms with Gasteiger partial charge in [0.05, 0.1) is 12.2 Å². The Labute approximate surface area is 153 Å². The van der Waals surface area contributed by atoms with E-state index in [9.17, 15) is 9.59 Å². The molecular formula is C18H29N2O4S+. The summed E-state index contributed by atoms with van der Waals surface area (Å²) in [6, 6.07) is 1.83. The number of nitrogens with one attached hydrogen (secondary N) is 2. The highest BCUT2D eigenvalue weighted by molar-refractivity contribution is 7.16. The van der Waals surface area contributed by atoms with E-state index < -0.39 is 0 Å². The Hall–Kier alpha value is -1.44. The molecule has 6 nitrogen and oxygen atoms in total. The van der Waals surface area contributed by atoms with Gasteiger partial charge in [-0.15, -0.1) is 11.3 Å². The van der Waals surface area contributed by atoms with Crippen molar-refractivity contribution >= 4 is 28.2 Å². The number of quaternary nitrogens is 1. The van der Waals surface area contributed by atoms with Crippen molar-refractivity contribution in [3.63, 3.8) is 0 Å². The maximum absolute atomic E-state index is 12.5. The van der Waals surface area contributed by atoms with Gasteiger partial charge in [-0.3, -0.25) is 4.79 Å². The number of carbonyl (C=O) groups excluding carboxylic acids is 2. The van der Waals surface area contributed by atoms with Gasteiger partial charge in [-0.05, 0) is 32.8 Å².